The van der Waals surface area contributed by atoms with Gasteiger partial charge in [0.05, 0.1) is 11.4 Å². The van der Waals surface area contributed by atoms with Crippen LogP contribution in [0.3, 0.4) is 0 Å². The number of benzene rings is 1. The Kier molecular flexibility index (Phi) is 4.59. The molecule has 0 bridgehead atoms. The predicted octanol–water partition coefficient (Wildman–Crippen LogP) is 4.01. The Labute approximate surface area is 135 Å². The number of carbonyl (C=O) groups excluding carboxylic acids is 1. The van der Waals surface area contributed by atoms with Crippen molar-refractivity contribution in [3.8, 4) is 0 Å². The van der Waals surface area contributed by atoms with Gasteiger partial charge in [0.25, 0.3) is 5.91 Å². The minimum atomic E-state index is 0.00723. The second kappa shape index (κ2) is 6.79. The molecule has 0 aliphatic carbocycles. The van der Waals surface area contributed by atoms with Crippen molar-refractivity contribution in [3.05, 3.63) is 60.4 Å². The van der Waals surface area contributed by atoms with Crippen molar-refractivity contribution in [2.75, 3.05) is 11.4 Å². The largest absolute Gasteiger partial charge is 0.308 e. The van der Waals surface area contributed by atoms with Crippen molar-refractivity contribution in [2.45, 2.75) is 23.5 Å². The van der Waals surface area contributed by atoms with E-state index in [0.717, 1.165) is 24.3 Å². The zero-order valence-electron chi connectivity index (χ0n) is 12.5. The standard InChI is InChI=1S/C18H18N2OS/c1-14-11-13-20(16-7-2-3-8-17(16)22-14)18(21)10-9-15-6-4-5-12-19-15/h2-10,12,14H,11,13H2,1H3. The van der Waals surface area contributed by atoms with E-state index in [1.54, 1.807) is 18.3 Å². The van der Waals surface area contributed by atoms with Gasteiger partial charge in [-0.15, -0.1) is 11.8 Å². The number of carbonyl (C=O) groups is 1. The van der Waals surface area contributed by atoms with Crippen molar-refractivity contribution in [2.24, 2.45) is 0 Å². The molecule has 4 heteroatoms. The molecule has 1 unspecified atom stereocenters. The van der Waals surface area contributed by atoms with Crippen molar-refractivity contribution < 1.29 is 4.79 Å². The zero-order chi connectivity index (χ0) is 15.4. The van der Waals surface area contributed by atoms with Crippen LogP contribution < -0.4 is 4.90 Å². The number of thioether (sulfide) groups is 1. The molecule has 3 nitrogen and oxygen atoms in total. The van der Waals surface area contributed by atoms with Crippen LogP contribution in [0.1, 0.15) is 19.0 Å². The third-order valence-electron chi connectivity index (χ3n) is 3.59. The SMILES string of the molecule is CC1CCN(C(=O)C=Cc2ccccn2)c2ccccc2S1. The average molecular weight is 310 g/mol. The first kappa shape index (κ1) is 14.9. The molecular weight excluding hydrogens is 292 g/mol. The zero-order valence-corrected chi connectivity index (χ0v) is 13.3. The van der Waals surface area contributed by atoms with E-state index < -0.39 is 0 Å². The maximum Gasteiger partial charge on any atom is 0.251 e. The van der Waals surface area contributed by atoms with Gasteiger partial charge < -0.3 is 4.90 Å². The highest BCUT2D eigenvalue weighted by atomic mass is 32.2. The summed E-state index contributed by atoms with van der Waals surface area (Å²) in [5, 5.41) is 0.513. The molecular formula is C18H18N2OS. The lowest BCUT2D eigenvalue weighted by Gasteiger charge is -2.20. The number of fused-ring (bicyclic) bond motifs is 1. The fourth-order valence-electron chi connectivity index (χ4n) is 2.44. The predicted molar refractivity (Wildman–Crippen MR) is 92.0 cm³/mol. The molecule has 1 aliphatic heterocycles. The molecule has 1 aromatic carbocycles. The molecule has 2 aromatic rings. The Morgan fingerprint density at radius 3 is 2.91 bits per heavy atom. The lowest BCUT2D eigenvalue weighted by Crippen LogP contribution is -2.30. The van der Waals surface area contributed by atoms with Gasteiger partial charge in [0, 0.05) is 29.0 Å². The molecule has 112 valence electrons. The van der Waals surface area contributed by atoms with Crippen LogP contribution >= 0.6 is 11.8 Å². The molecule has 1 aromatic heterocycles. The summed E-state index contributed by atoms with van der Waals surface area (Å²) < 4.78 is 0. The smallest absolute Gasteiger partial charge is 0.251 e. The van der Waals surface area contributed by atoms with Gasteiger partial charge in [-0.25, -0.2) is 0 Å². The summed E-state index contributed by atoms with van der Waals surface area (Å²) in [5.41, 5.74) is 1.80. The average Bonchev–Trinajstić information content (AvgIpc) is 2.72. The normalized spacial score (nSPS) is 18.0. The monoisotopic (exact) mass is 310 g/mol. The first-order valence-corrected chi connectivity index (χ1v) is 8.28. The summed E-state index contributed by atoms with van der Waals surface area (Å²) in [6.07, 6.45) is 6.10. The summed E-state index contributed by atoms with van der Waals surface area (Å²) in [7, 11) is 0. The molecule has 1 amide bonds. The highest BCUT2D eigenvalue weighted by Crippen LogP contribution is 2.37. The van der Waals surface area contributed by atoms with Gasteiger partial charge in [0.1, 0.15) is 0 Å². The Morgan fingerprint density at radius 1 is 1.27 bits per heavy atom. The van der Waals surface area contributed by atoms with Crippen molar-refractivity contribution >= 4 is 29.4 Å². The van der Waals surface area contributed by atoms with Crippen LogP contribution in [-0.4, -0.2) is 22.7 Å². The number of hydrogen-bond donors (Lipinski definition) is 0. The van der Waals surface area contributed by atoms with Crippen molar-refractivity contribution in [3.63, 3.8) is 0 Å². The topological polar surface area (TPSA) is 33.2 Å². The van der Waals surface area contributed by atoms with Crippen LogP contribution in [0.4, 0.5) is 5.69 Å². The van der Waals surface area contributed by atoms with Gasteiger partial charge in [-0.3, -0.25) is 9.78 Å². The van der Waals surface area contributed by atoms with Gasteiger partial charge in [0.2, 0.25) is 0 Å². The van der Waals surface area contributed by atoms with E-state index >= 15 is 0 Å². The lowest BCUT2D eigenvalue weighted by atomic mass is 10.2. The summed E-state index contributed by atoms with van der Waals surface area (Å²) >= 11 is 1.84. The lowest BCUT2D eigenvalue weighted by molar-refractivity contribution is -0.114. The molecule has 2 heterocycles. The minimum Gasteiger partial charge on any atom is -0.308 e. The molecule has 0 saturated carbocycles. The van der Waals surface area contributed by atoms with Gasteiger partial charge in [-0.1, -0.05) is 25.1 Å². The Hall–Kier alpha value is -2.07. The number of anilines is 1. The van der Waals surface area contributed by atoms with Gasteiger partial charge in [0.15, 0.2) is 0 Å². The van der Waals surface area contributed by atoms with Crippen LogP contribution in [0.5, 0.6) is 0 Å². The molecule has 1 atom stereocenters. The quantitative estimate of drug-likeness (QED) is 0.786. The maximum absolute atomic E-state index is 12.6. The van der Waals surface area contributed by atoms with E-state index in [-0.39, 0.29) is 5.91 Å². The summed E-state index contributed by atoms with van der Waals surface area (Å²) in [6.45, 7) is 2.95. The molecule has 0 fully saturated rings. The fraction of sp³-hybridized carbons (Fsp3) is 0.222. The van der Waals surface area contributed by atoms with Crippen LogP contribution in [0.25, 0.3) is 6.08 Å². The third-order valence-corrected chi connectivity index (χ3v) is 4.83. The molecule has 0 spiro atoms. The number of nitrogens with zero attached hydrogens (tertiary/aromatic N) is 2. The van der Waals surface area contributed by atoms with Gasteiger partial charge >= 0.3 is 0 Å². The number of aromatic nitrogens is 1. The number of amides is 1. The number of hydrogen-bond acceptors (Lipinski definition) is 3. The van der Waals surface area contributed by atoms with E-state index in [9.17, 15) is 4.79 Å². The van der Waals surface area contributed by atoms with Crippen molar-refractivity contribution in [1.29, 1.82) is 0 Å². The Bertz CT molecular complexity index is 684. The van der Waals surface area contributed by atoms with Crippen molar-refractivity contribution in [1.82, 2.24) is 4.98 Å². The van der Waals surface area contributed by atoms with Crippen LogP contribution in [0.2, 0.25) is 0 Å². The first-order chi connectivity index (χ1) is 10.7. The Morgan fingerprint density at radius 2 is 2.09 bits per heavy atom. The number of pyridine rings is 1. The maximum atomic E-state index is 12.6. The van der Waals surface area contributed by atoms with Gasteiger partial charge in [-0.2, -0.15) is 0 Å². The summed E-state index contributed by atoms with van der Waals surface area (Å²) in [4.78, 5) is 19.8. The van der Waals surface area contributed by atoms with Crippen LogP contribution in [0, 0.1) is 0 Å². The number of para-hydroxylation sites is 1. The van der Waals surface area contributed by atoms with Crippen LogP contribution in [-0.2, 0) is 4.79 Å². The highest BCUT2D eigenvalue weighted by molar-refractivity contribution is 8.00. The van der Waals surface area contributed by atoms with Gasteiger partial charge in [-0.05, 0) is 36.8 Å². The van der Waals surface area contributed by atoms with E-state index in [1.165, 1.54) is 4.90 Å². The Balaban J connectivity index is 1.84. The molecule has 0 radical (unpaired) electrons. The fourth-order valence-corrected chi connectivity index (χ4v) is 3.55. The minimum absolute atomic E-state index is 0.00723. The first-order valence-electron chi connectivity index (χ1n) is 7.40. The highest BCUT2D eigenvalue weighted by Gasteiger charge is 2.22. The summed E-state index contributed by atoms with van der Waals surface area (Å²) in [5.74, 6) is 0.00723. The second-order valence-electron chi connectivity index (χ2n) is 5.26. The number of rotatable bonds is 2. The van der Waals surface area contributed by atoms with E-state index in [2.05, 4.69) is 18.0 Å². The third kappa shape index (κ3) is 3.39. The molecule has 0 saturated heterocycles. The van der Waals surface area contributed by atoms with E-state index in [4.69, 9.17) is 0 Å². The van der Waals surface area contributed by atoms with E-state index in [0.29, 0.717) is 5.25 Å². The summed E-state index contributed by atoms with van der Waals surface area (Å²) in [6, 6.07) is 13.8. The molecule has 1 aliphatic rings. The van der Waals surface area contributed by atoms with E-state index in [1.807, 2.05) is 53.1 Å². The molecule has 22 heavy (non-hydrogen) atoms. The molecule has 0 N–H and O–H groups in total. The molecule has 3 rings (SSSR count). The van der Waals surface area contributed by atoms with Crippen LogP contribution in [0.15, 0.2) is 59.6 Å². The second-order valence-corrected chi connectivity index (χ2v) is 6.74.